The number of carbonyl (C=O) groups is 1. The molecule has 0 aliphatic rings. The monoisotopic (exact) mass is 334 g/mol. The Bertz CT molecular complexity index is 878. The van der Waals surface area contributed by atoms with Crippen molar-refractivity contribution in [3.05, 3.63) is 65.6 Å². The number of hydrogen-bond donors (Lipinski definition) is 2. The number of pyridine rings is 2. The number of fused-ring (bicyclic) bond motifs is 1. The molecule has 0 saturated carbocycles. The van der Waals surface area contributed by atoms with Crippen molar-refractivity contribution >= 4 is 22.5 Å². The van der Waals surface area contributed by atoms with E-state index in [0.29, 0.717) is 12.1 Å². The normalized spacial score (nSPS) is 10.6. The molecule has 3 rings (SSSR count). The highest BCUT2D eigenvalue weighted by molar-refractivity contribution is 6.06. The highest BCUT2D eigenvalue weighted by atomic mass is 16.1. The molecule has 5 nitrogen and oxygen atoms in total. The third kappa shape index (κ3) is 4.12. The number of hydrogen-bond acceptors (Lipinski definition) is 4. The van der Waals surface area contributed by atoms with E-state index in [1.807, 2.05) is 50.2 Å². The molecule has 1 aromatic carbocycles. The molecule has 2 N–H and O–H groups in total. The Kier molecular flexibility index (Phi) is 5.23. The summed E-state index contributed by atoms with van der Waals surface area (Å²) in [6.07, 6.45) is 4.36. The summed E-state index contributed by atoms with van der Waals surface area (Å²) in [7, 11) is 0. The fourth-order valence-electron chi connectivity index (χ4n) is 2.79. The van der Waals surface area contributed by atoms with Crippen molar-refractivity contribution in [1.29, 1.82) is 0 Å². The molecule has 0 bridgehead atoms. The number of nitrogens with zero attached hydrogens (tertiary/aromatic N) is 2. The molecule has 25 heavy (non-hydrogen) atoms. The molecule has 0 aliphatic carbocycles. The maximum Gasteiger partial charge on any atom is 0.252 e. The quantitative estimate of drug-likeness (QED) is 0.677. The summed E-state index contributed by atoms with van der Waals surface area (Å²) in [4.78, 5) is 21.2. The van der Waals surface area contributed by atoms with E-state index in [9.17, 15) is 4.79 Å². The number of nitrogens with one attached hydrogen (secondary N) is 2. The van der Waals surface area contributed by atoms with Gasteiger partial charge in [-0.2, -0.15) is 0 Å². The van der Waals surface area contributed by atoms with Gasteiger partial charge in [0.05, 0.1) is 16.8 Å². The largest absolute Gasteiger partial charge is 0.384 e. The van der Waals surface area contributed by atoms with Gasteiger partial charge in [-0.05, 0) is 44.0 Å². The minimum atomic E-state index is -0.0533. The van der Waals surface area contributed by atoms with Crippen molar-refractivity contribution < 1.29 is 4.79 Å². The molecule has 0 aliphatic heterocycles. The average molecular weight is 334 g/mol. The fourth-order valence-corrected chi connectivity index (χ4v) is 2.79. The Balaban J connectivity index is 1.60. The number of aryl methyl sites for hydroxylation is 2. The molecule has 0 unspecified atom stereocenters. The van der Waals surface area contributed by atoms with Gasteiger partial charge in [0.25, 0.3) is 5.91 Å². The number of para-hydroxylation sites is 1. The van der Waals surface area contributed by atoms with Gasteiger partial charge < -0.3 is 10.6 Å². The summed E-state index contributed by atoms with van der Waals surface area (Å²) < 4.78 is 0. The van der Waals surface area contributed by atoms with Crippen LogP contribution in [-0.4, -0.2) is 29.0 Å². The van der Waals surface area contributed by atoms with Gasteiger partial charge in [-0.15, -0.1) is 0 Å². The zero-order chi connectivity index (χ0) is 17.6. The van der Waals surface area contributed by atoms with Crippen LogP contribution in [0.3, 0.4) is 0 Å². The van der Waals surface area contributed by atoms with Gasteiger partial charge in [-0.25, -0.2) is 0 Å². The SMILES string of the molecule is Cc1cc(C(=O)NCCCNc2cccnc2)c2cccc(C)c2n1. The molecule has 0 radical (unpaired) electrons. The number of rotatable bonds is 6. The summed E-state index contributed by atoms with van der Waals surface area (Å²) in [5.74, 6) is -0.0533. The number of anilines is 1. The fraction of sp³-hybridized carbons (Fsp3) is 0.250. The lowest BCUT2D eigenvalue weighted by Crippen LogP contribution is -2.26. The molecule has 0 spiro atoms. The molecule has 2 heterocycles. The Hall–Kier alpha value is -2.95. The number of benzene rings is 1. The van der Waals surface area contributed by atoms with E-state index in [4.69, 9.17) is 0 Å². The van der Waals surface area contributed by atoms with Crippen LogP contribution in [0.4, 0.5) is 5.69 Å². The predicted octanol–water partition coefficient (Wildman–Crippen LogP) is 3.48. The van der Waals surface area contributed by atoms with E-state index in [2.05, 4.69) is 20.6 Å². The molecule has 3 aromatic rings. The van der Waals surface area contributed by atoms with Crippen LogP contribution < -0.4 is 10.6 Å². The standard InChI is InChI=1S/C20H22N4O/c1-14-6-3-8-17-18(12-15(2)24-19(14)17)20(25)23-11-5-10-22-16-7-4-9-21-13-16/h3-4,6-9,12-13,22H,5,10-11H2,1-2H3,(H,23,25). The molecule has 0 fully saturated rings. The molecular formula is C20H22N4O. The minimum absolute atomic E-state index is 0.0533. The molecule has 0 atom stereocenters. The first-order valence-corrected chi connectivity index (χ1v) is 8.44. The van der Waals surface area contributed by atoms with Gasteiger partial charge >= 0.3 is 0 Å². The van der Waals surface area contributed by atoms with Gasteiger partial charge in [0.2, 0.25) is 0 Å². The molecule has 5 heteroatoms. The van der Waals surface area contributed by atoms with Crippen LogP contribution in [0.25, 0.3) is 10.9 Å². The van der Waals surface area contributed by atoms with Crippen molar-refractivity contribution in [2.24, 2.45) is 0 Å². The Morgan fingerprint density at radius 3 is 2.80 bits per heavy atom. The zero-order valence-electron chi connectivity index (χ0n) is 14.5. The van der Waals surface area contributed by atoms with Crippen molar-refractivity contribution in [2.45, 2.75) is 20.3 Å². The molecule has 128 valence electrons. The van der Waals surface area contributed by atoms with Crippen LogP contribution in [0.5, 0.6) is 0 Å². The van der Waals surface area contributed by atoms with Crippen molar-refractivity contribution in [3.63, 3.8) is 0 Å². The molecule has 2 aromatic heterocycles. The third-order valence-electron chi connectivity index (χ3n) is 4.04. The number of aromatic nitrogens is 2. The van der Waals surface area contributed by atoms with Gasteiger partial charge in [-0.3, -0.25) is 14.8 Å². The Labute approximate surface area is 147 Å². The van der Waals surface area contributed by atoms with Gasteiger partial charge in [0.15, 0.2) is 0 Å². The van der Waals surface area contributed by atoms with E-state index < -0.39 is 0 Å². The highest BCUT2D eigenvalue weighted by Crippen LogP contribution is 2.21. The first-order chi connectivity index (χ1) is 12.1. The highest BCUT2D eigenvalue weighted by Gasteiger charge is 2.12. The van der Waals surface area contributed by atoms with Crippen LogP contribution in [0, 0.1) is 13.8 Å². The van der Waals surface area contributed by atoms with E-state index in [1.165, 1.54) is 0 Å². The molecule has 0 saturated heterocycles. The van der Waals surface area contributed by atoms with E-state index in [-0.39, 0.29) is 5.91 Å². The number of amides is 1. The van der Waals surface area contributed by atoms with Gasteiger partial charge in [-0.1, -0.05) is 18.2 Å². The predicted molar refractivity (Wildman–Crippen MR) is 101 cm³/mol. The maximum atomic E-state index is 12.6. The first-order valence-electron chi connectivity index (χ1n) is 8.44. The second kappa shape index (κ2) is 7.75. The molecule has 1 amide bonds. The Morgan fingerprint density at radius 2 is 2.00 bits per heavy atom. The smallest absolute Gasteiger partial charge is 0.252 e. The van der Waals surface area contributed by atoms with E-state index >= 15 is 0 Å². The van der Waals surface area contributed by atoms with Crippen LogP contribution in [0.2, 0.25) is 0 Å². The molecular weight excluding hydrogens is 312 g/mol. The lowest BCUT2D eigenvalue weighted by Gasteiger charge is -2.11. The van der Waals surface area contributed by atoms with Gasteiger partial charge in [0, 0.05) is 36.6 Å². The first kappa shape index (κ1) is 16.9. The van der Waals surface area contributed by atoms with Crippen LogP contribution in [0.15, 0.2) is 48.8 Å². The van der Waals surface area contributed by atoms with Crippen LogP contribution in [0.1, 0.15) is 28.0 Å². The summed E-state index contributed by atoms with van der Waals surface area (Å²) in [5.41, 5.74) is 4.50. The summed E-state index contributed by atoms with van der Waals surface area (Å²) in [5, 5.41) is 7.18. The second-order valence-corrected chi connectivity index (χ2v) is 6.06. The van der Waals surface area contributed by atoms with Crippen molar-refractivity contribution in [1.82, 2.24) is 15.3 Å². The lowest BCUT2D eigenvalue weighted by atomic mass is 10.0. The number of carbonyl (C=O) groups excluding carboxylic acids is 1. The summed E-state index contributed by atoms with van der Waals surface area (Å²) in [6, 6.07) is 11.6. The Morgan fingerprint density at radius 1 is 1.12 bits per heavy atom. The van der Waals surface area contributed by atoms with Crippen LogP contribution >= 0.6 is 0 Å². The third-order valence-corrected chi connectivity index (χ3v) is 4.04. The van der Waals surface area contributed by atoms with Gasteiger partial charge in [0.1, 0.15) is 0 Å². The summed E-state index contributed by atoms with van der Waals surface area (Å²) >= 11 is 0. The van der Waals surface area contributed by atoms with Crippen molar-refractivity contribution in [3.8, 4) is 0 Å². The average Bonchev–Trinajstić information content (AvgIpc) is 2.62. The topological polar surface area (TPSA) is 66.9 Å². The summed E-state index contributed by atoms with van der Waals surface area (Å²) in [6.45, 7) is 5.32. The minimum Gasteiger partial charge on any atom is -0.384 e. The van der Waals surface area contributed by atoms with Crippen molar-refractivity contribution in [2.75, 3.05) is 18.4 Å². The van der Waals surface area contributed by atoms with E-state index in [0.717, 1.165) is 40.8 Å². The van der Waals surface area contributed by atoms with E-state index in [1.54, 1.807) is 12.4 Å². The van der Waals surface area contributed by atoms with Crippen LogP contribution in [-0.2, 0) is 0 Å². The maximum absolute atomic E-state index is 12.6. The second-order valence-electron chi connectivity index (χ2n) is 6.06. The zero-order valence-corrected chi connectivity index (χ0v) is 14.5. The lowest BCUT2D eigenvalue weighted by molar-refractivity contribution is 0.0955.